The van der Waals surface area contributed by atoms with Gasteiger partial charge < -0.3 is 4.74 Å². The van der Waals surface area contributed by atoms with E-state index in [1.807, 2.05) is 0 Å². The molecule has 0 amide bonds. The lowest BCUT2D eigenvalue weighted by Crippen LogP contribution is -2.76. The van der Waals surface area contributed by atoms with Crippen molar-refractivity contribution in [2.45, 2.75) is 5.66 Å². The fourth-order valence-electron chi connectivity index (χ4n) is 11.8. The van der Waals surface area contributed by atoms with Crippen molar-refractivity contribution in [3.63, 3.8) is 0 Å². The fourth-order valence-corrected chi connectivity index (χ4v) is 17.5. The molecule has 5 aliphatic heterocycles. The van der Waals surface area contributed by atoms with Gasteiger partial charge in [0.25, 0.3) is 5.82 Å². The molecule has 3 aromatic heterocycles. The molecule has 1 unspecified atom stereocenters. The van der Waals surface area contributed by atoms with E-state index in [2.05, 4.69) is 201 Å². The van der Waals surface area contributed by atoms with Crippen molar-refractivity contribution in [1.29, 1.82) is 0 Å². The highest BCUT2D eigenvalue weighted by molar-refractivity contribution is 7.24. The van der Waals surface area contributed by atoms with Crippen LogP contribution in [0, 0.1) is 0 Å². The molecule has 0 saturated heterocycles. The molecule has 8 heterocycles. The Morgan fingerprint density at radius 3 is 2.00 bits per heavy atom. The van der Waals surface area contributed by atoms with Gasteiger partial charge in [-0.2, -0.15) is 9.13 Å². The summed E-state index contributed by atoms with van der Waals surface area (Å²) in [5.41, 5.74) is 13.1. The summed E-state index contributed by atoms with van der Waals surface area (Å²) in [6.45, 7) is 0. The standard InChI is InChI=1S/C51H30N4OSi/c1-5-16-39-33(12-1)38-25-26-42-49-50(38)55(39)47-22-9-10-27-52(47)51(49)48-40(17-11-18-41(48)56-42)53-29-32(30-54(51)53)31-23-24-37-36-15-4-8-21-45(36)57(46(37)28-31)43-19-6-2-13-34(43)35-14-3-7-20-44(35)57/h1-30H/q+2. The van der Waals surface area contributed by atoms with Crippen molar-refractivity contribution < 1.29 is 14.0 Å². The molecule has 15 rings (SSSR count). The Bertz CT molecular complexity index is 3480. The smallest absolute Gasteiger partial charge is 0.397 e. The van der Waals surface area contributed by atoms with Crippen LogP contribution in [-0.4, -0.2) is 17.3 Å². The van der Waals surface area contributed by atoms with Crippen molar-refractivity contribution >= 4 is 50.6 Å². The molecule has 0 radical (unpaired) electrons. The van der Waals surface area contributed by atoms with Gasteiger partial charge in [-0.15, -0.1) is 4.68 Å². The van der Waals surface area contributed by atoms with E-state index in [0.29, 0.717) is 0 Å². The number of para-hydroxylation sites is 1. The average molecular weight is 743 g/mol. The molecular weight excluding hydrogens is 713 g/mol. The molecule has 1 atom stereocenters. The Labute approximate surface area is 328 Å². The molecule has 0 saturated carbocycles. The molecule has 5 nitrogen and oxygen atoms in total. The van der Waals surface area contributed by atoms with Crippen LogP contribution in [-0.2, 0) is 5.66 Å². The van der Waals surface area contributed by atoms with Crippen molar-refractivity contribution in [1.82, 2.24) is 9.25 Å². The maximum absolute atomic E-state index is 6.90. The summed E-state index contributed by atoms with van der Waals surface area (Å²) in [4.78, 5) is 0. The first-order valence-corrected chi connectivity index (χ1v) is 21.8. The third-order valence-corrected chi connectivity index (χ3v) is 18.8. The van der Waals surface area contributed by atoms with Crippen LogP contribution >= 0.6 is 0 Å². The number of aromatic nitrogens is 4. The van der Waals surface area contributed by atoms with E-state index in [1.54, 1.807) is 0 Å². The Morgan fingerprint density at radius 1 is 0.526 bits per heavy atom. The molecule has 0 N–H and O–H groups in total. The Hall–Kier alpha value is -7.28. The fraction of sp³-hybridized carbons (Fsp3) is 0.0196. The van der Waals surface area contributed by atoms with Gasteiger partial charge in [-0.05, 0) is 91.0 Å². The van der Waals surface area contributed by atoms with Crippen LogP contribution in [0.3, 0.4) is 0 Å². The second kappa shape index (κ2) is 9.56. The van der Waals surface area contributed by atoms with Crippen LogP contribution < -0.4 is 34.7 Å². The molecule has 10 aromatic rings. The number of nitrogens with zero attached hydrogens (tertiary/aromatic N) is 4. The first-order chi connectivity index (χ1) is 28.3. The number of hydrogen-bond acceptors (Lipinski definition) is 1. The topological polar surface area (TPSA) is 26.8 Å². The lowest BCUT2D eigenvalue weighted by molar-refractivity contribution is -0.993. The van der Waals surface area contributed by atoms with E-state index in [1.165, 1.54) is 87.1 Å². The first kappa shape index (κ1) is 29.1. The normalized spacial score (nSPS) is 17.1. The number of pyridine rings is 1. The molecule has 0 bridgehead atoms. The van der Waals surface area contributed by atoms with E-state index >= 15 is 0 Å². The lowest BCUT2D eigenvalue weighted by atomic mass is 9.84. The summed E-state index contributed by atoms with van der Waals surface area (Å²) in [7, 11) is -2.59. The van der Waals surface area contributed by atoms with Crippen molar-refractivity contribution in [3.05, 3.63) is 194 Å². The van der Waals surface area contributed by atoms with Crippen molar-refractivity contribution in [2.75, 3.05) is 0 Å². The minimum Gasteiger partial charge on any atom is -0.456 e. The summed E-state index contributed by atoms with van der Waals surface area (Å²) in [6.07, 6.45) is 7.01. The lowest BCUT2D eigenvalue weighted by Gasteiger charge is -2.32. The van der Waals surface area contributed by atoms with Gasteiger partial charge >= 0.3 is 5.66 Å². The number of fused-ring (bicyclic) bond motifs is 17. The molecule has 0 aliphatic carbocycles. The summed E-state index contributed by atoms with van der Waals surface area (Å²) in [5, 5.41) is 8.45. The predicted molar refractivity (Wildman–Crippen MR) is 226 cm³/mol. The average Bonchev–Trinajstić information content (AvgIpc) is 4.06. The summed E-state index contributed by atoms with van der Waals surface area (Å²) < 4.78 is 16.7. The largest absolute Gasteiger partial charge is 0.456 e. The van der Waals surface area contributed by atoms with Crippen LogP contribution in [0.5, 0.6) is 11.5 Å². The number of hydrogen-bond donors (Lipinski definition) is 0. The van der Waals surface area contributed by atoms with Gasteiger partial charge in [0.15, 0.2) is 19.2 Å². The van der Waals surface area contributed by atoms with Gasteiger partial charge in [-0.3, -0.25) is 0 Å². The third kappa shape index (κ3) is 3.02. The zero-order valence-corrected chi connectivity index (χ0v) is 31.5. The number of benzene rings is 7. The van der Waals surface area contributed by atoms with Crippen molar-refractivity contribution in [3.8, 4) is 56.4 Å². The Balaban J connectivity index is 1.03. The van der Waals surface area contributed by atoms with Gasteiger partial charge in [-0.25, -0.2) is 0 Å². The molecule has 6 heteroatoms. The van der Waals surface area contributed by atoms with Gasteiger partial charge in [0.1, 0.15) is 28.3 Å². The molecule has 7 aromatic carbocycles. The molecule has 2 spiro atoms. The second-order valence-electron chi connectivity index (χ2n) is 16.1. The molecule has 57 heavy (non-hydrogen) atoms. The van der Waals surface area contributed by atoms with E-state index in [4.69, 9.17) is 4.74 Å². The Kier molecular flexibility index (Phi) is 4.87. The van der Waals surface area contributed by atoms with Gasteiger partial charge in [0, 0.05) is 16.8 Å². The highest BCUT2D eigenvalue weighted by Gasteiger charge is 2.68. The predicted octanol–water partition coefficient (Wildman–Crippen LogP) is 7.18. The van der Waals surface area contributed by atoms with Gasteiger partial charge in [0.05, 0.1) is 18.0 Å². The van der Waals surface area contributed by atoms with E-state index in [-0.39, 0.29) is 0 Å². The van der Waals surface area contributed by atoms with Crippen LogP contribution in [0.25, 0.3) is 66.7 Å². The van der Waals surface area contributed by atoms with Crippen LogP contribution in [0.4, 0.5) is 0 Å². The SMILES string of the molecule is c1ccc2c(c1)-c1ccccc1[Si]21c2ccccc2-c2ccc(-c3cn4[n+](c3)C35c6c(cccc6-4)Oc4ccc6c7ccccc7n(c6c43)-c3cccc[n+]35)cc21. The Morgan fingerprint density at radius 2 is 1.21 bits per heavy atom. The summed E-state index contributed by atoms with van der Waals surface area (Å²) >= 11 is 0. The monoisotopic (exact) mass is 742 g/mol. The molecule has 0 fully saturated rings. The van der Waals surface area contributed by atoms with E-state index < -0.39 is 13.7 Å². The maximum atomic E-state index is 6.90. The van der Waals surface area contributed by atoms with E-state index in [0.717, 1.165) is 23.0 Å². The van der Waals surface area contributed by atoms with Crippen LogP contribution in [0.2, 0.25) is 0 Å². The van der Waals surface area contributed by atoms with Crippen molar-refractivity contribution in [2.24, 2.45) is 0 Å². The number of rotatable bonds is 1. The highest BCUT2D eigenvalue weighted by atomic mass is 28.3. The molecule has 5 aliphatic rings. The summed E-state index contributed by atoms with van der Waals surface area (Å²) in [6, 6.07) is 61.2. The van der Waals surface area contributed by atoms with E-state index in [9.17, 15) is 0 Å². The minimum atomic E-state index is -2.59. The molecular formula is C51H30N4OSi+2. The van der Waals surface area contributed by atoms with Crippen LogP contribution in [0.15, 0.2) is 182 Å². The zero-order valence-electron chi connectivity index (χ0n) is 30.5. The minimum absolute atomic E-state index is 0.718. The molecule has 262 valence electrons. The first-order valence-electron chi connectivity index (χ1n) is 19.8. The highest BCUT2D eigenvalue weighted by Crippen LogP contribution is 2.55. The second-order valence-corrected chi connectivity index (χ2v) is 19.7. The maximum Gasteiger partial charge on any atom is 0.397 e. The quantitative estimate of drug-likeness (QED) is 0.129. The third-order valence-electron chi connectivity index (χ3n) is 13.8. The zero-order chi connectivity index (χ0) is 36.8. The van der Waals surface area contributed by atoms with Gasteiger partial charge in [0.2, 0.25) is 6.20 Å². The summed E-state index contributed by atoms with van der Waals surface area (Å²) in [5.74, 6) is 2.91. The number of ether oxygens (including phenoxy) is 1. The van der Waals surface area contributed by atoms with Crippen LogP contribution in [0.1, 0.15) is 11.1 Å². The van der Waals surface area contributed by atoms with Gasteiger partial charge in [-0.1, -0.05) is 120 Å².